The van der Waals surface area contributed by atoms with Crippen molar-refractivity contribution in [2.75, 3.05) is 24.6 Å². The number of ether oxygens (including phenoxy) is 1. The van der Waals surface area contributed by atoms with Crippen molar-refractivity contribution >= 4 is 11.9 Å². The van der Waals surface area contributed by atoms with E-state index in [0.29, 0.717) is 18.4 Å². The molecule has 2 aliphatic rings. The second-order valence-electron chi connectivity index (χ2n) is 6.20. The van der Waals surface area contributed by atoms with Crippen LogP contribution < -0.4 is 10.2 Å². The molecule has 0 aliphatic carbocycles. The molecule has 1 amide bonds. The van der Waals surface area contributed by atoms with E-state index in [1.165, 1.54) is 0 Å². The van der Waals surface area contributed by atoms with Gasteiger partial charge in [-0.05, 0) is 44.0 Å². The van der Waals surface area contributed by atoms with E-state index in [2.05, 4.69) is 25.2 Å². The van der Waals surface area contributed by atoms with Crippen LogP contribution in [-0.2, 0) is 4.74 Å². The first-order valence-corrected chi connectivity index (χ1v) is 7.80. The predicted octanol–water partition coefficient (Wildman–Crippen LogP) is 2.53. The fourth-order valence-electron chi connectivity index (χ4n) is 3.11. The summed E-state index contributed by atoms with van der Waals surface area (Å²) in [5, 5.41) is 3.37. The van der Waals surface area contributed by atoms with E-state index >= 15 is 0 Å². The van der Waals surface area contributed by atoms with Crippen LogP contribution in [0.15, 0.2) is 18.2 Å². The minimum absolute atomic E-state index is 0.0771. The van der Waals surface area contributed by atoms with Gasteiger partial charge in [0.15, 0.2) is 0 Å². The van der Waals surface area contributed by atoms with Crippen molar-refractivity contribution in [1.29, 1.82) is 0 Å². The molecule has 2 fully saturated rings. The second-order valence-corrected chi connectivity index (χ2v) is 6.20. The normalized spacial score (nSPS) is 23.7. The minimum Gasteiger partial charge on any atom is -0.447 e. The van der Waals surface area contributed by atoms with Crippen LogP contribution >= 0.6 is 0 Å². The lowest BCUT2D eigenvalue weighted by molar-refractivity contribution is 0.177. The summed E-state index contributed by atoms with van der Waals surface area (Å²) in [6, 6.07) is 6.06. The molecule has 2 saturated heterocycles. The van der Waals surface area contributed by atoms with Crippen molar-refractivity contribution < 1.29 is 9.53 Å². The van der Waals surface area contributed by atoms with Crippen molar-refractivity contribution in [1.82, 2.24) is 10.3 Å². The smallest absolute Gasteiger partial charge is 0.415 e. The van der Waals surface area contributed by atoms with E-state index in [1.54, 1.807) is 4.90 Å². The molecule has 0 unspecified atom stereocenters. The molecule has 0 bridgehead atoms. The first-order valence-electron chi connectivity index (χ1n) is 7.80. The molecular weight excluding hydrogens is 266 g/mol. The molecule has 0 saturated carbocycles. The van der Waals surface area contributed by atoms with Gasteiger partial charge in [-0.25, -0.2) is 9.78 Å². The van der Waals surface area contributed by atoms with Gasteiger partial charge in [0.25, 0.3) is 0 Å². The highest BCUT2D eigenvalue weighted by Crippen LogP contribution is 2.29. The largest absolute Gasteiger partial charge is 0.447 e. The summed E-state index contributed by atoms with van der Waals surface area (Å²) in [6.07, 6.45) is 1.94. The third kappa shape index (κ3) is 2.88. The number of rotatable bonds is 3. The van der Waals surface area contributed by atoms with Crippen LogP contribution in [0.2, 0.25) is 0 Å². The minimum atomic E-state index is -0.274. The maximum atomic E-state index is 12.0. The number of amides is 1. The Labute approximate surface area is 125 Å². The first kappa shape index (κ1) is 14.3. The van der Waals surface area contributed by atoms with Gasteiger partial charge in [0.2, 0.25) is 0 Å². The molecule has 0 aromatic carbocycles. The fourth-order valence-corrected chi connectivity index (χ4v) is 3.11. The van der Waals surface area contributed by atoms with Crippen LogP contribution in [0.1, 0.15) is 38.3 Å². The van der Waals surface area contributed by atoms with E-state index in [-0.39, 0.29) is 12.1 Å². The zero-order valence-electron chi connectivity index (χ0n) is 12.7. The average molecular weight is 289 g/mol. The van der Waals surface area contributed by atoms with Crippen LogP contribution in [0, 0.1) is 5.92 Å². The van der Waals surface area contributed by atoms with E-state index < -0.39 is 0 Å². The molecule has 21 heavy (non-hydrogen) atoms. The van der Waals surface area contributed by atoms with Crippen LogP contribution in [-0.4, -0.2) is 36.8 Å². The first-order chi connectivity index (χ1) is 10.2. The van der Waals surface area contributed by atoms with Gasteiger partial charge in [0.1, 0.15) is 12.4 Å². The Bertz CT molecular complexity index is 512. The monoisotopic (exact) mass is 289 g/mol. The Morgan fingerprint density at radius 3 is 2.81 bits per heavy atom. The number of anilines is 1. The highest BCUT2D eigenvalue weighted by Gasteiger charge is 2.37. The average Bonchev–Trinajstić information content (AvgIpc) is 2.90. The number of hydrogen-bond acceptors (Lipinski definition) is 4. The molecular formula is C16H23N3O2. The zero-order chi connectivity index (χ0) is 14.8. The number of cyclic esters (lactones) is 1. The maximum absolute atomic E-state index is 12.0. The van der Waals surface area contributed by atoms with Crippen molar-refractivity contribution in [2.24, 2.45) is 5.92 Å². The second kappa shape index (κ2) is 6.02. The number of pyridine rings is 1. The lowest BCUT2D eigenvalue weighted by Crippen LogP contribution is -2.38. The van der Waals surface area contributed by atoms with Gasteiger partial charge in [-0.15, -0.1) is 0 Å². The van der Waals surface area contributed by atoms with Crippen LogP contribution in [0.3, 0.4) is 0 Å². The summed E-state index contributed by atoms with van der Waals surface area (Å²) >= 11 is 0. The van der Waals surface area contributed by atoms with Crippen LogP contribution in [0.5, 0.6) is 0 Å². The zero-order valence-corrected chi connectivity index (χ0v) is 12.7. The molecule has 1 atom stereocenters. The summed E-state index contributed by atoms with van der Waals surface area (Å²) in [4.78, 5) is 18.5. The van der Waals surface area contributed by atoms with E-state index in [0.717, 1.165) is 37.4 Å². The van der Waals surface area contributed by atoms with Gasteiger partial charge < -0.3 is 10.1 Å². The lowest BCUT2D eigenvalue weighted by Gasteiger charge is -2.26. The Morgan fingerprint density at radius 1 is 1.33 bits per heavy atom. The third-order valence-corrected chi connectivity index (χ3v) is 4.44. The predicted molar refractivity (Wildman–Crippen MR) is 81.5 cm³/mol. The molecule has 1 N–H and O–H groups in total. The third-order valence-electron chi connectivity index (χ3n) is 4.44. The van der Waals surface area contributed by atoms with Crippen LogP contribution in [0.25, 0.3) is 0 Å². The molecule has 0 radical (unpaired) electrons. The number of carbonyl (C=O) groups excluding carboxylic acids is 1. The Balaban J connectivity index is 1.86. The summed E-state index contributed by atoms with van der Waals surface area (Å²) in [6.45, 7) is 6.75. The molecule has 0 spiro atoms. The van der Waals surface area contributed by atoms with Gasteiger partial charge in [0, 0.05) is 11.6 Å². The van der Waals surface area contributed by atoms with Gasteiger partial charge in [-0.1, -0.05) is 19.9 Å². The van der Waals surface area contributed by atoms with E-state index in [1.807, 2.05) is 12.1 Å². The molecule has 3 rings (SSSR count). The summed E-state index contributed by atoms with van der Waals surface area (Å²) in [7, 11) is 0. The number of carbonyl (C=O) groups is 1. The quantitative estimate of drug-likeness (QED) is 0.929. The molecule has 5 nitrogen and oxygen atoms in total. The SMILES string of the molecule is CC(C)[C@H]1COC(=O)N1c1cccc(C2CCNCC2)n1. The summed E-state index contributed by atoms with van der Waals surface area (Å²) in [5.74, 6) is 1.57. The van der Waals surface area contributed by atoms with Crippen molar-refractivity contribution in [3.63, 3.8) is 0 Å². The molecule has 2 aliphatic heterocycles. The molecule has 1 aromatic rings. The van der Waals surface area contributed by atoms with Crippen molar-refractivity contribution in [3.05, 3.63) is 23.9 Å². The number of hydrogen-bond donors (Lipinski definition) is 1. The highest BCUT2D eigenvalue weighted by atomic mass is 16.6. The number of aromatic nitrogens is 1. The summed E-state index contributed by atoms with van der Waals surface area (Å²) in [5.41, 5.74) is 1.09. The number of nitrogens with one attached hydrogen (secondary N) is 1. The molecule has 114 valence electrons. The van der Waals surface area contributed by atoms with Gasteiger partial charge in [0.05, 0.1) is 6.04 Å². The number of nitrogens with zero attached hydrogens (tertiary/aromatic N) is 2. The van der Waals surface area contributed by atoms with Crippen LogP contribution in [0.4, 0.5) is 10.6 Å². The lowest BCUT2D eigenvalue weighted by atomic mass is 9.94. The Kier molecular flexibility index (Phi) is 4.10. The Morgan fingerprint density at radius 2 is 2.10 bits per heavy atom. The molecule has 3 heterocycles. The topological polar surface area (TPSA) is 54.5 Å². The van der Waals surface area contributed by atoms with E-state index in [4.69, 9.17) is 9.72 Å². The van der Waals surface area contributed by atoms with Gasteiger partial charge in [-0.2, -0.15) is 0 Å². The van der Waals surface area contributed by atoms with E-state index in [9.17, 15) is 4.79 Å². The highest BCUT2D eigenvalue weighted by molar-refractivity contribution is 5.89. The standard InChI is InChI=1S/C16H23N3O2/c1-11(2)14-10-21-16(20)19(14)15-5-3-4-13(18-15)12-6-8-17-9-7-12/h3-5,11-12,14,17H,6-10H2,1-2H3/t14-/m1/s1. The van der Waals surface area contributed by atoms with Gasteiger partial charge in [-0.3, -0.25) is 4.90 Å². The number of piperidine rings is 1. The molecule has 1 aromatic heterocycles. The summed E-state index contributed by atoms with van der Waals surface area (Å²) < 4.78 is 5.22. The van der Waals surface area contributed by atoms with Crippen molar-refractivity contribution in [3.8, 4) is 0 Å². The Hall–Kier alpha value is -1.62. The fraction of sp³-hybridized carbons (Fsp3) is 0.625. The molecule has 5 heteroatoms. The maximum Gasteiger partial charge on any atom is 0.415 e. The van der Waals surface area contributed by atoms with Gasteiger partial charge >= 0.3 is 6.09 Å². The van der Waals surface area contributed by atoms with Crippen molar-refractivity contribution in [2.45, 2.75) is 38.6 Å².